The highest BCUT2D eigenvalue weighted by Gasteiger charge is 2.17. The summed E-state index contributed by atoms with van der Waals surface area (Å²) in [5.74, 6) is 0.0448. The maximum atomic E-state index is 12.7. The van der Waals surface area contributed by atoms with Gasteiger partial charge in [0.2, 0.25) is 0 Å². The summed E-state index contributed by atoms with van der Waals surface area (Å²) < 4.78 is 5.64. The Hall–Kier alpha value is -2.73. The zero-order chi connectivity index (χ0) is 18.6. The Morgan fingerprint density at radius 1 is 1.26 bits per heavy atom. The lowest BCUT2D eigenvalue weighted by molar-refractivity contribution is 0.0763. The molecule has 1 N–H and O–H groups in total. The second-order valence-corrected chi connectivity index (χ2v) is 7.04. The Bertz CT molecular complexity index is 913. The lowest BCUT2D eigenvalue weighted by atomic mass is 10.1. The van der Waals surface area contributed by atoms with E-state index in [1.165, 1.54) is 0 Å². The van der Waals surface area contributed by atoms with E-state index in [0.717, 1.165) is 61.1 Å². The number of hydrogen-bond donors (Lipinski definition) is 1. The summed E-state index contributed by atoms with van der Waals surface area (Å²) in [6.07, 6.45) is 8.09. The summed E-state index contributed by atoms with van der Waals surface area (Å²) in [4.78, 5) is 26.2. The number of aromatic amines is 1. The van der Waals surface area contributed by atoms with E-state index in [0.29, 0.717) is 11.7 Å². The minimum absolute atomic E-state index is 0.0448. The third kappa shape index (κ3) is 3.85. The number of nitrogens with one attached hydrogen (secondary N) is 1. The number of hydrogen-bond acceptors (Lipinski definition) is 4. The molecule has 1 aliphatic rings. The first-order chi connectivity index (χ1) is 13.2. The Labute approximate surface area is 158 Å². The molecule has 3 heterocycles. The summed E-state index contributed by atoms with van der Waals surface area (Å²) in [6, 6.07) is 9.60. The topological polar surface area (TPSA) is 71.1 Å². The van der Waals surface area contributed by atoms with E-state index in [2.05, 4.69) is 15.0 Å². The molecule has 1 atom stereocenters. The second kappa shape index (κ2) is 7.88. The van der Waals surface area contributed by atoms with E-state index >= 15 is 0 Å². The SMILES string of the molecule is CN(CCC[C@@H]1CCCO1)C(=O)c1ccc(-c2ncnc3[nH]ccc23)cc1. The Morgan fingerprint density at radius 3 is 2.89 bits per heavy atom. The van der Waals surface area contributed by atoms with Gasteiger partial charge in [-0.15, -0.1) is 0 Å². The van der Waals surface area contributed by atoms with Gasteiger partial charge in [-0.3, -0.25) is 4.79 Å². The number of aromatic nitrogens is 3. The zero-order valence-electron chi connectivity index (χ0n) is 15.5. The summed E-state index contributed by atoms with van der Waals surface area (Å²) >= 11 is 0. The standard InChI is InChI=1S/C21H24N4O2/c1-25(12-2-4-17-5-3-13-27-17)21(26)16-8-6-15(7-9-16)19-18-10-11-22-20(18)24-14-23-19/h6-11,14,17H,2-5,12-13H2,1H3,(H,22,23,24)/t17-/m1/s1. The fourth-order valence-corrected chi connectivity index (χ4v) is 3.62. The average molecular weight is 364 g/mol. The molecule has 0 bridgehead atoms. The monoisotopic (exact) mass is 364 g/mol. The molecule has 140 valence electrons. The van der Waals surface area contributed by atoms with Crippen LogP contribution in [0.25, 0.3) is 22.3 Å². The van der Waals surface area contributed by atoms with Gasteiger partial charge in [-0.1, -0.05) is 12.1 Å². The van der Waals surface area contributed by atoms with Crippen molar-refractivity contribution in [2.45, 2.75) is 31.8 Å². The van der Waals surface area contributed by atoms with Gasteiger partial charge in [0, 0.05) is 42.9 Å². The van der Waals surface area contributed by atoms with Gasteiger partial charge in [-0.2, -0.15) is 0 Å². The number of nitrogens with zero attached hydrogens (tertiary/aromatic N) is 3. The highest BCUT2D eigenvalue weighted by Crippen LogP contribution is 2.25. The average Bonchev–Trinajstić information content (AvgIpc) is 3.39. The molecule has 6 nitrogen and oxygen atoms in total. The van der Waals surface area contributed by atoms with Crippen LogP contribution in [-0.2, 0) is 4.74 Å². The Morgan fingerprint density at radius 2 is 2.11 bits per heavy atom. The van der Waals surface area contributed by atoms with Crippen molar-refractivity contribution in [3.8, 4) is 11.3 Å². The largest absolute Gasteiger partial charge is 0.378 e. The molecule has 0 saturated carbocycles. The van der Waals surface area contributed by atoms with Crippen molar-refractivity contribution in [2.75, 3.05) is 20.2 Å². The molecule has 2 aromatic heterocycles. The Kier molecular flexibility index (Phi) is 5.16. The Balaban J connectivity index is 1.40. The van der Waals surface area contributed by atoms with Crippen molar-refractivity contribution in [2.24, 2.45) is 0 Å². The van der Waals surface area contributed by atoms with Gasteiger partial charge in [-0.05, 0) is 43.9 Å². The van der Waals surface area contributed by atoms with E-state index in [-0.39, 0.29) is 5.91 Å². The number of fused-ring (bicyclic) bond motifs is 1. The fourth-order valence-electron chi connectivity index (χ4n) is 3.62. The summed E-state index contributed by atoms with van der Waals surface area (Å²) in [5, 5.41) is 0.975. The first-order valence-electron chi connectivity index (χ1n) is 9.48. The van der Waals surface area contributed by atoms with Crippen LogP contribution in [0.4, 0.5) is 0 Å². The van der Waals surface area contributed by atoms with Crippen LogP contribution in [0.1, 0.15) is 36.0 Å². The maximum Gasteiger partial charge on any atom is 0.253 e. The minimum atomic E-state index is 0.0448. The number of carbonyl (C=O) groups excluding carboxylic acids is 1. The molecule has 1 fully saturated rings. The highest BCUT2D eigenvalue weighted by atomic mass is 16.5. The molecule has 1 saturated heterocycles. The summed E-state index contributed by atoms with van der Waals surface area (Å²) in [6.45, 7) is 1.63. The highest BCUT2D eigenvalue weighted by molar-refractivity contribution is 5.95. The quantitative estimate of drug-likeness (QED) is 0.725. The summed E-state index contributed by atoms with van der Waals surface area (Å²) in [7, 11) is 1.86. The molecule has 0 spiro atoms. The van der Waals surface area contributed by atoms with Gasteiger partial charge in [-0.25, -0.2) is 9.97 Å². The molecule has 1 amide bonds. The fraction of sp³-hybridized carbons (Fsp3) is 0.381. The van der Waals surface area contributed by atoms with Crippen molar-refractivity contribution in [1.82, 2.24) is 19.9 Å². The number of rotatable bonds is 6. The molecule has 0 radical (unpaired) electrons. The second-order valence-electron chi connectivity index (χ2n) is 7.04. The number of carbonyl (C=O) groups is 1. The van der Waals surface area contributed by atoms with Crippen molar-refractivity contribution < 1.29 is 9.53 Å². The van der Waals surface area contributed by atoms with Gasteiger partial charge in [0.15, 0.2) is 0 Å². The third-order valence-electron chi connectivity index (χ3n) is 5.15. The predicted octanol–water partition coefficient (Wildman–Crippen LogP) is 3.66. The molecule has 1 aromatic carbocycles. The van der Waals surface area contributed by atoms with Gasteiger partial charge >= 0.3 is 0 Å². The number of benzene rings is 1. The molecule has 1 aliphatic heterocycles. The molecule has 4 rings (SSSR count). The molecular formula is C21H24N4O2. The van der Waals surface area contributed by atoms with Crippen LogP contribution in [0.5, 0.6) is 0 Å². The molecule has 0 unspecified atom stereocenters. The van der Waals surface area contributed by atoms with E-state index in [1.807, 2.05) is 43.6 Å². The van der Waals surface area contributed by atoms with Crippen LogP contribution in [0.15, 0.2) is 42.9 Å². The molecule has 0 aliphatic carbocycles. The van der Waals surface area contributed by atoms with Crippen molar-refractivity contribution in [1.29, 1.82) is 0 Å². The third-order valence-corrected chi connectivity index (χ3v) is 5.15. The number of amides is 1. The van der Waals surface area contributed by atoms with Crippen LogP contribution in [0.3, 0.4) is 0 Å². The summed E-state index contributed by atoms with van der Waals surface area (Å²) in [5.41, 5.74) is 3.34. The maximum absolute atomic E-state index is 12.7. The van der Waals surface area contributed by atoms with Crippen LogP contribution in [0.2, 0.25) is 0 Å². The molecular weight excluding hydrogens is 340 g/mol. The van der Waals surface area contributed by atoms with Crippen LogP contribution < -0.4 is 0 Å². The van der Waals surface area contributed by atoms with E-state index in [4.69, 9.17) is 4.74 Å². The number of H-pyrrole nitrogens is 1. The zero-order valence-corrected chi connectivity index (χ0v) is 15.5. The smallest absolute Gasteiger partial charge is 0.253 e. The molecule has 6 heteroatoms. The minimum Gasteiger partial charge on any atom is -0.378 e. The molecule has 3 aromatic rings. The lowest BCUT2D eigenvalue weighted by Gasteiger charge is -2.18. The van der Waals surface area contributed by atoms with Crippen LogP contribution >= 0.6 is 0 Å². The first kappa shape index (κ1) is 17.7. The first-order valence-corrected chi connectivity index (χ1v) is 9.48. The van der Waals surface area contributed by atoms with Gasteiger partial charge in [0.25, 0.3) is 5.91 Å². The number of ether oxygens (including phenoxy) is 1. The lowest BCUT2D eigenvalue weighted by Crippen LogP contribution is -2.28. The predicted molar refractivity (Wildman–Crippen MR) is 104 cm³/mol. The normalized spacial score (nSPS) is 16.7. The van der Waals surface area contributed by atoms with Crippen molar-refractivity contribution >= 4 is 16.9 Å². The van der Waals surface area contributed by atoms with Crippen molar-refractivity contribution in [3.63, 3.8) is 0 Å². The van der Waals surface area contributed by atoms with Gasteiger partial charge < -0.3 is 14.6 Å². The van der Waals surface area contributed by atoms with E-state index in [1.54, 1.807) is 11.2 Å². The van der Waals surface area contributed by atoms with Gasteiger partial charge in [0.05, 0.1) is 11.8 Å². The van der Waals surface area contributed by atoms with Crippen LogP contribution in [0, 0.1) is 0 Å². The van der Waals surface area contributed by atoms with Crippen molar-refractivity contribution in [3.05, 3.63) is 48.4 Å². The van der Waals surface area contributed by atoms with E-state index < -0.39 is 0 Å². The van der Waals surface area contributed by atoms with Gasteiger partial charge in [0.1, 0.15) is 12.0 Å². The van der Waals surface area contributed by atoms with E-state index in [9.17, 15) is 4.79 Å². The van der Waals surface area contributed by atoms with Crippen LogP contribution in [-0.4, -0.2) is 52.1 Å². The molecule has 27 heavy (non-hydrogen) atoms.